The minimum atomic E-state index is -0.303. The molecular formula is C15H21N3O3S. The molecule has 1 aliphatic heterocycles. The molecule has 0 saturated carbocycles. The van der Waals surface area contributed by atoms with Gasteiger partial charge in [-0.3, -0.25) is 14.3 Å². The summed E-state index contributed by atoms with van der Waals surface area (Å²) in [5, 5.41) is 7.79. The van der Waals surface area contributed by atoms with Crippen LogP contribution in [-0.2, 0) is 20.9 Å². The summed E-state index contributed by atoms with van der Waals surface area (Å²) in [4.78, 5) is 23.0. The molecule has 1 fully saturated rings. The van der Waals surface area contributed by atoms with Crippen LogP contribution in [0.1, 0.15) is 26.0 Å². The van der Waals surface area contributed by atoms with Crippen LogP contribution in [0.5, 0.6) is 0 Å². The van der Waals surface area contributed by atoms with Crippen molar-refractivity contribution in [3.8, 4) is 0 Å². The fraction of sp³-hybridized carbons (Fsp3) is 0.533. The summed E-state index contributed by atoms with van der Waals surface area (Å²) in [5.74, 6) is -0.303. The molecule has 0 bridgehead atoms. The number of hydrogen-bond acceptors (Lipinski definition) is 6. The third kappa shape index (κ3) is 4.71. The molecule has 1 atom stereocenters. The van der Waals surface area contributed by atoms with Gasteiger partial charge >= 0.3 is 5.97 Å². The van der Waals surface area contributed by atoms with Crippen LogP contribution in [0.4, 0.5) is 0 Å². The number of piperidine rings is 1. The van der Waals surface area contributed by atoms with Gasteiger partial charge < -0.3 is 10.1 Å². The van der Waals surface area contributed by atoms with E-state index in [1.54, 1.807) is 24.7 Å². The molecule has 1 aromatic rings. The molecule has 0 aliphatic carbocycles. The quantitative estimate of drug-likeness (QED) is 0.827. The molecule has 2 heterocycles. The Morgan fingerprint density at radius 1 is 1.59 bits per heavy atom. The van der Waals surface area contributed by atoms with Gasteiger partial charge in [0.15, 0.2) is 5.12 Å². The van der Waals surface area contributed by atoms with Crippen molar-refractivity contribution in [2.45, 2.75) is 32.1 Å². The molecule has 1 aliphatic rings. The van der Waals surface area contributed by atoms with Gasteiger partial charge in [0, 0.05) is 24.9 Å². The van der Waals surface area contributed by atoms with Crippen LogP contribution < -0.4 is 5.32 Å². The van der Waals surface area contributed by atoms with E-state index >= 15 is 0 Å². The molecule has 7 heteroatoms. The second-order valence-corrected chi connectivity index (χ2v) is 6.38. The number of nitrogens with one attached hydrogen (secondary N) is 1. The predicted octanol–water partition coefficient (Wildman–Crippen LogP) is 1.47. The summed E-state index contributed by atoms with van der Waals surface area (Å²) >= 11 is 1.36. The van der Waals surface area contributed by atoms with E-state index in [4.69, 9.17) is 4.74 Å². The predicted molar refractivity (Wildman–Crippen MR) is 86.4 cm³/mol. The Kier molecular flexibility index (Phi) is 6.21. The van der Waals surface area contributed by atoms with Crippen LogP contribution in [0, 0.1) is 0 Å². The lowest BCUT2D eigenvalue weighted by Gasteiger charge is -2.25. The van der Waals surface area contributed by atoms with Crippen molar-refractivity contribution < 1.29 is 14.3 Å². The lowest BCUT2D eigenvalue weighted by molar-refractivity contribution is -0.144. The van der Waals surface area contributed by atoms with E-state index in [0.717, 1.165) is 30.8 Å². The molecule has 0 aromatic carbocycles. The van der Waals surface area contributed by atoms with Crippen LogP contribution in [0.2, 0.25) is 0 Å². The van der Waals surface area contributed by atoms with Crippen molar-refractivity contribution in [3.63, 3.8) is 0 Å². The largest absolute Gasteiger partial charge is 0.465 e. The van der Waals surface area contributed by atoms with Gasteiger partial charge in [-0.1, -0.05) is 11.8 Å². The van der Waals surface area contributed by atoms with E-state index in [1.165, 1.54) is 11.8 Å². The number of thioether (sulfide) groups is 1. The van der Waals surface area contributed by atoms with Crippen LogP contribution in [0.25, 0.3) is 6.08 Å². The Morgan fingerprint density at radius 3 is 3.14 bits per heavy atom. The molecule has 0 radical (unpaired) electrons. The second-order valence-electron chi connectivity index (χ2n) is 5.00. The molecule has 1 N–H and O–H groups in total. The van der Waals surface area contributed by atoms with Crippen molar-refractivity contribution in [2.75, 3.05) is 19.7 Å². The monoisotopic (exact) mass is 323 g/mol. The van der Waals surface area contributed by atoms with Gasteiger partial charge in [-0.05, 0) is 37.6 Å². The molecule has 6 nitrogen and oxygen atoms in total. The maximum Gasteiger partial charge on any atom is 0.327 e. The highest BCUT2D eigenvalue weighted by Crippen LogP contribution is 2.27. The normalized spacial score (nSPS) is 20.1. The number of nitrogens with zero attached hydrogens (tertiary/aromatic N) is 2. The minimum absolute atomic E-state index is 0.0951. The lowest BCUT2D eigenvalue weighted by Crippen LogP contribution is -2.32. The van der Waals surface area contributed by atoms with E-state index < -0.39 is 0 Å². The maximum absolute atomic E-state index is 11.6. The minimum Gasteiger partial charge on any atom is -0.465 e. The molecule has 0 amide bonds. The Labute approximate surface area is 134 Å². The Hall–Kier alpha value is -1.60. The number of ether oxygens (including phenoxy) is 1. The number of carbonyl (C=O) groups excluding carboxylic acids is 2. The maximum atomic E-state index is 11.6. The Balaban J connectivity index is 2.14. The van der Waals surface area contributed by atoms with E-state index in [9.17, 15) is 9.59 Å². The van der Waals surface area contributed by atoms with Crippen molar-refractivity contribution >= 4 is 28.9 Å². The third-order valence-corrected chi connectivity index (χ3v) is 4.46. The summed E-state index contributed by atoms with van der Waals surface area (Å²) < 4.78 is 6.57. The SMILES string of the molecule is CCOC(=O)Cn1nccc1/C=C1\CNCCC1SC(C)=O. The number of rotatable bonds is 5. The summed E-state index contributed by atoms with van der Waals surface area (Å²) in [6, 6.07) is 1.86. The zero-order chi connectivity index (χ0) is 15.9. The summed E-state index contributed by atoms with van der Waals surface area (Å²) in [6.45, 7) is 5.48. The van der Waals surface area contributed by atoms with E-state index in [2.05, 4.69) is 10.4 Å². The molecule has 1 unspecified atom stereocenters. The number of esters is 1. The van der Waals surface area contributed by atoms with Crippen molar-refractivity contribution in [2.24, 2.45) is 0 Å². The molecule has 1 aromatic heterocycles. The molecule has 22 heavy (non-hydrogen) atoms. The summed E-state index contributed by atoms with van der Waals surface area (Å²) in [7, 11) is 0. The van der Waals surface area contributed by atoms with Crippen molar-refractivity contribution in [1.29, 1.82) is 0 Å². The molecule has 1 saturated heterocycles. The van der Waals surface area contributed by atoms with Crippen LogP contribution in [0.15, 0.2) is 17.8 Å². The van der Waals surface area contributed by atoms with Gasteiger partial charge in [0.1, 0.15) is 6.54 Å². The fourth-order valence-corrected chi connectivity index (χ4v) is 3.30. The van der Waals surface area contributed by atoms with Crippen LogP contribution in [-0.4, -0.2) is 45.8 Å². The van der Waals surface area contributed by atoms with Gasteiger partial charge in [0.2, 0.25) is 0 Å². The third-order valence-electron chi connectivity index (χ3n) is 3.30. The smallest absolute Gasteiger partial charge is 0.327 e. The Morgan fingerprint density at radius 2 is 2.41 bits per heavy atom. The number of carbonyl (C=O) groups is 2. The fourth-order valence-electron chi connectivity index (χ4n) is 2.36. The first-order valence-corrected chi connectivity index (χ1v) is 8.24. The van der Waals surface area contributed by atoms with Crippen molar-refractivity contribution in [3.05, 3.63) is 23.5 Å². The average molecular weight is 323 g/mol. The topological polar surface area (TPSA) is 73.2 Å². The van der Waals surface area contributed by atoms with Crippen molar-refractivity contribution in [1.82, 2.24) is 15.1 Å². The van der Waals surface area contributed by atoms with E-state index in [1.807, 2.05) is 12.1 Å². The van der Waals surface area contributed by atoms with Crippen LogP contribution in [0.3, 0.4) is 0 Å². The Bertz CT molecular complexity index is 568. The highest BCUT2D eigenvalue weighted by Gasteiger charge is 2.21. The molecular weight excluding hydrogens is 302 g/mol. The van der Waals surface area contributed by atoms with Crippen LogP contribution >= 0.6 is 11.8 Å². The van der Waals surface area contributed by atoms with Gasteiger partial charge in [-0.15, -0.1) is 0 Å². The standard InChI is InChI=1S/C15H21N3O3S/c1-3-21-15(20)10-18-13(4-7-17-18)8-12-9-16-6-5-14(12)22-11(2)19/h4,7-8,14,16H,3,5-6,9-10H2,1-2H3/b12-8+. The first-order valence-electron chi connectivity index (χ1n) is 7.36. The zero-order valence-electron chi connectivity index (χ0n) is 12.9. The number of aromatic nitrogens is 2. The van der Waals surface area contributed by atoms with Gasteiger partial charge in [-0.2, -0.15) is 5.10 Å². The zero-order valence-corrected chi connectivity index (χ0v) is 13.7. The molecule has 120 valence electrons. The first-order chi connectivity index (χ1) is 10.6. The van der Waals surface area contributed by atoms with Gasteiger partial charge in [0.25, 0.3) is 0 Å². The average Bonchev–Trinajstić information content (AvgIpc) is 2.88. The first kappa shape index (κ1) is 16.8. The van der Waals surface area contributed by atoms with E-state index in [-0.39, 0.29) is 22.9 Å². The van der Waals surface area contributed by atoms with E-state index in [0.29, 0.717) is 6.61 Å². The lowest BCUT2D eigenvalue weighted by atomic mass is 10.0. The second kappa shape index (κ2) is 8.14. The molecule has 2 rings (SSSR count). The molecule has 0 spiro atoms. The highest BCUT2D eigenvalue weighted by atomic mass is 32.2. The summed E-state index contributed by atoms with van der Waals surface area (Å²) in [6.07, 6.45) is 4.59. The highest BCUT2D eigenvalue weighted by molar-refractivity contribution is 8.14. The summed E-state index contributed by atoms with van der Waals surface area (Å²) in [5.41, 5.74) is 2.00. The number of hydrogen-bond donors (Lipinski definition) is 1. The van der Waals surface area contributed by atoms with Gasteiger partial charge in [-0.25, -0.2) is 0 Å². The van der Waals surface area contributed by atoms with Gasteiger partial charge in [0.05, 0.1) is 12.3 Å².